The number of nitrogens with one attached hydrogen (secondary N) is 4. The molecule has 0 saturated carbocycles. The Bertz CT molecular complexity index is 886. The van der Waals surface area contributed by atoms with Crippen LogP contribution >= 0.6 is 11.8 Å². The molecule has 4 heterocycles. The van der Waals surface area contributed by atoms with Crippen molar-refractivity contribution in [3.63, 3.8) is 0 Å². The van der Waals surface area contributed by atoms with E-state index in [9.17, 15) is 24.3 Å². The predicted molar refractivity (Wildman–Crippen MR) is 145 cm³/mol. The van der Waals surface area contributed by atoms with Gasteiger partial charge in [0.05, 0.1) is 12.1 Å². The minimum atomic E-state index is -1.45. The van der Waals surface area contributed by atoms with Crippen LogP contribution in [-0.4, -0.2) is 75.8 Å². The third-order valence-corrected chi connectivity index (χ3v) is 9.74. The second kappa shape index (κ2) is 13.0. The van der Waals surface area contributed by atoms with Gasteiger partial charge in [0.25, 0.3) is 5.91 Å². The van der Waals surface area contributed by atoms with Gasteiger partial charge in [0.2, 0.25) is 11.5 Å². The average Bonchev–Trinajstić information content (AvgIpc) is 3.34. The number of aliphatic hydroxyl groups is 1. The zero-order valence-electron chi connectivity index (χ0n) is 22.5. The van der Waals surface area contributed by atoms with Crippen LogP contribution in [0.15, 0.2) is 0 Å². The Labute approximate surface area is 229 Å². The van der Waals surface area contributed by atoms with Crippen LogP contribution in [0, 0.1) is 0 Å². The number of morpholine rings is 1. The highest BCUT2D eigenvalue weighted by Gasteiger charge is 2.78. The third-order valence-electron chi connectivity index (χ3n) is 8.23. The van der Waals surface area contributed by atoms with Gasteiger partial charge in [-0.15, -0.1) is 0 Å². The second-order valence-corrected chi connectivity index (χ2v) is 12.7. The van der Waals surface area contributed by atoms with E-state index in [1.807, 2.05) is 11.8 Å². The normalized spacial score (nSPS) is 32.8. The van der Waals surface area contributed by atoms with E-state index in [0.29, 0.717) is 18.1 Å². The number of rotatable bonds is 18. The highest BCUT2D eigenvalue weighted by molar-refractivity contribution is 8.00. The van der Waals surface area contributed by atoms with Crippen molar-refractivity contribution in [2.24, 2.45) is 0 Å². The quantitative estimate of drug-likeness (QED) is 0.0758. The molecule has 0 aromatic heterocycles. The molecule has 38 heavy (non-hydrogen) atoms. The molecule has 10 nitrogen and oxygen atoms in total. The number of urea groups is 1. The molecule has 4 fully saturated rings. The van der Waals surface area contributed by atoms with Crippen LogP contribution in [0.3, 0.4) is 0 Å². The van der Waals surface area contributed by atoms with Gasteiger partial charge in [-0.1, -0.05) is 51.4 Å². The van der Waals surface area contributed by atoms with Gasteiger partial charge < -0.3 is 31.1 Å². The Hall–Kier alpha value is -1.85. The van der Waals surface area contributed by atoms with Gasteiger partial charge in [-0.05, 0) is 32.6 Å². The minimum Gasteiger partial charge on any atom is -0.368 e. The maximum Gasteiger partial charge on any atom is 0.315 e. The summed E-state index contributed by atoms with van der Waals surface area (Å²) in [7, 11) is 0. The number of unbranched alkanes of at least 4 members (excludes halogenated alkanes) is 9. The first-order chi connectivity index (χ1) is 18.2. The molecule has 0 spiro atoms. The number of fused-ring (bicyclic) bond motifs is 2. The van der Waals surface area contributed by atoms with Crippen LogP contribution < -0.4 is 21.3 Å². The molecule has 6 atom stereocenters. The van der Waals surface area contributed by atoms with E-state index >= 15 is 0 Å². The van der Waals surface area contributed by atoms with Gasteiger partial charge in [-0.3, -0.25) is 14.4 Å². The van der Waals surface area contributed by atoms with E-state index in [4.69, 9.17) is 4.74 Å². The number of hydrogen-bond acceptors (Lipinski definition) is 7. The van der Waals surface area contributed by atoms with E-state index in [2.05, 4.69) is 21.3 Å². The second-order valence-electron chi connectivity index (χ2n) is 11.4. The largest absolute Gasteiger partial charge is 0.368 e. The van der Waals surface area contributed by atoms with Crippen LogP contribution in [0.5, 0.6) is 0 Å². The molecule has 11 heteroatoms. The zero-order chi connectivity index (χ0) is 27.2. The highest BCUT2D eigenvalue weighted by Crippen LogP contribution is 2.49. The van der Waals surface area contributed by atoms with Crippen LogP contribution in [-0.2, 0) is 19.1 Å². The first kappa shape index (κ1) is 29.1. The van der Waals surface area contributed by atoms with Crippen LogP contribution in [0.4, 0.5) is 4.79 Å². The smallest absolute Gasteiger partial charge is 0.315 e. The van der Waals surface area contributed by atoms with Crippen molar-refractivity contribution in [3.05, 3.63) is 0 Å². The van der Waals surface area contributed by atoms with Crippen molar-refractivity contribution in [1.82, 2.24) is 21.3 Å². The molecule has 4 rings (SSSR count). The highest BCUT2D eigenvalue weighted by atomic mass is 32.2. The summed E-state index contributed by atoms with van der Waals surface area (Å²) in [6, 6.07) is 0.455. The van der Waals surface area contributed by atoms with E-state index < -0.39 is 23.3 Å². The summed E-state index contributed by atoms with van der Waals surface area (Å²) in [6.45, 7) is 2.20. The first-order valence-corrected chi connectivity index (χ1v) is 15.5. The SMILES string of the molecule is CC1(O)NC(=O)[C@]2(C(=O)CCCCCCCCCCCNC(=O)CCCC[C@@H]3SC[C@@H]4NC(=O)N[C@@H]43)O[C@@H]12. The average molecular weight is 553 g/mol. The van der Waals surface area contributed by atoms with E-state index in [-0.39, 0.29) is 29.8 Å². The van der Waals surface area contributed by atoms with E-state index in [1.165, 1.54) is 19.8 Å². The molecule has 4 amide bonds. The van der Waals surface area contributed by atoms with Crippen molar-refractivity contribution >= 4 is 35.4 Å². The zero-order valence-corrected chi connectivity index (χ0v) is 23.3. The number of ketones is 1. The van der Waals surface area contributed by atoms with Crippen molar-refractivity contribution in [2.45, 2.75) is 132 Å². The number of carbonyl (C=O) groups is 4. The molecular formula is C27H44N4O6S. The monoisotopic (exact) mass is 552 g/mol. The lowest BCUT2D eigenvalue weighted by atomic mass is 9.94. The fourth-order valence-electron chi connectivity index (χ4n) is 5.99. The van der Waals surface area contributed by atoms with Gasteiger partial charge in [-0.25, -0.2) is 4.79 Å². The Morgan fingerprint density at radius 2 is 1.63 bits per heavy atom. The number of carbonyl (C=O) groups excluding carboxylic acids is 4. The summed E-state index contributed by atoms with van der Waals surface area (Å²) < 4.78 is 5.30. The summed E-state index contributed by atoms with van der Waals surface area (Å²) >= 11 is 1.92. The van der Waals surface area contributed by atoms with Crippen LogP contribution in [0.2, 0.25) is 0 Å². The summed E-state index contributed by atoms with van der Waals surface area (Å²) in [5.74, 6) is 0.384. The Kier molecular flexibility index (Phi) is 9.97. The number of thioether (sulfide) groups is 1. The Morgan fingerprint density at radius 3 is 2.29 bits per heavy atom. The van der Waals surface area contributed by atoms with Gasteiger partial charge in [0, 0.05) is 30.4 Å². The Balaban J connectivity index is 0.897. The number of ether oxygens (including phenoxy) is 1. The molecule has 0 bridgehead atoms. The van der Waals surface area contributed by atoms with Crippen molar-refractivity contribution in [2.75, 3.05) is 12.3 Å². The lowest BCUT2D eigenvalue weighted by Gasteiger charge is -2.16. The summed E-state index contributed by atoms with van der Waals surface area (Å²) in [4.78, 5) is 47.9. The van der Waals surface area contributed by atoms with Gasteiger partial charge in [0.1, 0.15) is 0 Å². The maximum atomic E-state index is 12.4. The number of hydrogen-bond donors (Lipinski definition) is 5. The predicted octanol–water partition coefficient (Wildman–Crippen LogP) is 2.27. The van der Waals surface area contributed by atoms with Gasteiger partial charge in [0.15, 0.2) is 17.6 Å². The molecule has 4 aliphatic heterocycles. The van der Waals surface area contributed by atoms with Crippen LogP contribution in [0.1, 0.15) is 96.8 Å². The molecular weight excluding hydrogens is 508 g/mol. The number of epoxide rings is 1. The molecule has 0 aromatic carbocycles. The molecule has 1 unspecified atom stereocenters. The summed E-state index contributed by atoms with van der Waals surface area (Å²) in [5, 5.41) is 21.9. The van der Waals surface area contributed by atoms with Crippen molar-refractivity contribution in [3.8, 4) is 0 Å². The Morgan fingerprint density at radius 1 is 0.974 bits per heavy atom. The van der Waals surface area contributed by atoms with Crippen LogP contribution in [0.25, 0.3) is 0 Å². The van der Waals surface area contributed by atoms with Gasteiger partial charge >= 0.3 is 6.03 Å². The van der Waals surface area contributed by atoms with E-state index in [0.717, 1.165) is 76.5 Å². The molecule has 5 N–H and O–H groups in total. The fourth-order valence-corrected chi connectivity index (χ4v) is 7.53. The first-order valence-electron chi connectivity index (χ1n) is 14.5. The maximum absolute atomic E-state index is 12.4. The number of amides is 4. The molecule has 0 aromatic rings. The standard InChI is InChI=1S/C27H44N4O6S/c1-26(36)23-27(37-23,24(34)31-26)20(32)14-9-7-5-3-2-4-6-8-12-16-28-21(33)15-11-10-13-19-22-18(17-38-19)29-25(35)30-22/h18-19,22-23,36H,2-17H2,1H3,(H,28,33)(H,31,34)(H2,29,30,35)/t18-,19-,22-,23-,26?,27+/m0/s1. The van der Waals surface area contributed by atoms with Gasteiger partial charge in [-0.2, -0.15) is 11.8 Å². The summed E-state index contributed by atoms with van der Waals surface area (Å²) in [5.41, 5.74) is -2.89. The lowest BCUT2D eigenvalue weighted by molar-refractivity contribution is -0.138. The van der Waals surface area contributed by atoms with Crippen molar-refractivity contribution < 1.29 is 29.0 Å². The topological polar surface area (TPSA) is 149 Å². The fraction of sp³-hybridized carbons (Fsp3) is 0.852. The van der Waals surface area contributed by atoms with Crippen molar-refractivity contribution in [1.29, 1.82) is 0 Å². The molecule has 4 saturated heterocycles. The minimum absolute atomic E-state index is 0.0489. The molecule has 0 radical (unpaired) electrons. The summed E-state index contributed by atoms with van der Waals surface area (Å²) in [6.07, 6.45) is 12.6. The molecule has 4 aliphatic rings. The molecule has 0 aliphatic carbocycles. The number of Topliss-reactive ketones (excluding diaryl/α,β-unsaturated/α-hetero) is 1. The lowest BCUT2D eigenvalue weighted by Crippen LogP contribution is -2.45. The third kappa shape index (κ3) is 7.01. The molecule has 214 valence electrons. The van der Waals surface area contributed by atoms with E-state index in [1.54, 1.807) is 0 Å².